The van der Waals surface area contributed by atoms with Gasteiger partial charge in [-0.05, 0) is 49.2 Å². The Morgan fingerprint density at radius 2 is 1.90 bits per heavy atom. The third-order valence-electron chi connectivity index (χ3n) is 5.38. The van der Waals surface area contributed by atoms with Gasteiger partial charge in [0.1, 0.15) is 11.4 Å². The summed E-state index contributed by atoms with van der Waals surface area (Å²) in [6, 6.07) is 16.2. The molecule has 2 heterocycles. The van der Waals surface area contributed by atoms with Crippen molar-refractivity contribution in [1.82, 2.24) is 20.4 Å². The molecule has 0 spiro atoms. The van der Waals surface area contributed by atoms with Crippen molar-refractivity contribution in [2.24, 2.45) is 0 Å². The molecule has 2 aromatic carbocycles. The maximum Gasteiger partial charge on any atom is 0.271 e. The fourth-order valence-electron chi connectivity index (χ4n) is 3.66. The molecular weight excluding hydrogens is 416 g/mol. The number of nitrogens with one attached hydrogen (secondary N) is 2. The van der Waals surface area contributed by atoms with E-state index in [9.17, 15) is 9.59 Å². The van der Waals surface area contributed by atoms with Crippen LogP contribution in [-0.4, -0.2) is 53.2 Å². The van der Waals surface area contributed by atoms with Gasteiger partial charge in [0.05, 0.1) is 12.8 Å². The number of piperidine rings is 1. The van der Waals surface area contributed by atoms with Crippen molar-refractivity contribution in [3.8, 4) is 17.0 Å². The number of nitrogens with zero attached hydrogens (tertiary/aromatic N) is 2. The van der Waals surface area contributed by atoms with E-state index in [0.29, 0.717) is 47.9 Å². The third kappa shape index (κ3) is 4.88. The van der Waals surface area contributed by atoms with Gasteiger partial charge in [-0.1, -0.05) is 29.8 Å². The molecule has 7 nitrogen and oxygen atoms in total. The van der Waals surface area contributed by atoms with Crippen LogP contribution in [-0.2, 0) is 0 Å². The summed E-state index contributed by atoms with van der Waals surface area (Å²) in [6.45, 7) is 1.12. The molecule has 8 heteroatoms. The Morgan fingerprint density at radius 3 is 2.65 bits per heavy atom. The SMILES string of the molecule is COc1cccc(-c2cc(C(=O)N3CCC(NC(=O)c4cccc(Cl)c4)CC3)[nH]n2)c1. The first kappa shape index (κ1) is 20.9. The van der Waals surface area contributed by atoms with Crippen LogP contribution in [0.5, 0.6) is 5.75 Å². The maximum absolute atomic E-state index is 12.9. The number of H-pyrrole nitrogens is 1. The Morgan fingerprint density at radius 1 is 1.13 bits per heavy atom. The zero-order valence-electron chi connectivity index (χ0n) is 17.1. The number of aromatic nitrogens is 2. The number of halogens is 1. The fraction of sp³-hybridized carbons (Fsp3) is 0.261. The first-order valence-corrected chi connectivity index (χ1v) is 10.5. The summed E-state index contributed by atoms with van der Waals surface area (Å²) >= 11 is 5.96. The van der Waals surface area contributed by atoms with Gasteiger partial charge in [-0.15, -0.1) is 0 Å². The van der Waals surface area contributed by atoms with Crippen molar-refractivity contribution in [3.05, 3.63) is 70.9 Å². The van der Waals surface area contributed by atoms with Crippen molar-refractivity contribution in [1.29, 1.82) is 0 Å². The number of ether oxygens (including phenoxy) is 1. The average Bonchev–Trinajstić information content (AvgIpc) is 3.29. The van der Waals surface area contributed by atoms with E-state index in [1.54, 1.807) is 42.3 Å². The second kappa shape index (κ2) is 9.22. The van der Waals surface area contributed by atoms with Gasteiger partial charge in [0.25, 0.3) is 11.8 Å². The molecule has 4 rings (SSSR count). The number of hydrogen-bond acceptors (Lipinski definition) is 4. The van der Waals surface area contributed by atoms with E-state index in [4.69, 9.17) is 16.3 Å². The summed E-state index contributed by atoms with van der Waals surface area (Å²) in [5.74, 6) is 0.486. The minimum absolute atomic E-state index is 0.0182. The molecule has 1 saturated heterocycles. The maximum atomic E-state index is 12.9. The van der Waals surface area contributed by atoms with Crippen LogP contribution in [0.4, 0.5) is 0 Å². The summed E-state index contributed by atoms with van der Waals surface area (Å²) in [5.41, 5.74) is 2.54. The molecule has 0 radical (unpaired) electrons. The monoisotopic (exact) mass is 438 g/mol. The second-order valence-corrected chi connectivity index (χ2v) is 7.89. The second-order valence-electron chi connectivity index (χ2n) is 7.45. The predicted molar refractivity (Wildman–Crippen MR) is 118 cm³/mol. The van der Waals surface area contributed by atoms with Crippen molar-refractivity contribution in [3.63, 3.8) is 0 Å². The van der Waals surface area contributed by atoms with Crippen LogP contribution in [0.1, 0.15) is 33.7 Å². The normalized spacial score (nSPS) is 14.3. The Balaban J connectivity index is 1.34. The van der Waals surface area contributed by atoms with Crippen LogP contribution in [0.25, 0.3) is 11.3 Å². The summed E-state index contributed by atoms with van der Waals surface area (Å²) in [7, 11) is 1.61. The van der Waals surface area contributed by atoms with Crippen LogP contribution in [0.15, 0.2) is 54.6 Å². The predicted octanol–water partition coefficient (Wildman–Crippen LogP) is 3.77. The Kier molecular flexibility index (Phi) is 6.23. The summed E-state index contributed by atoms with van der Waals surface area (Å²) in [4.78, 5) is 27.1. The molecule has 1 aliphatic rings. The number of carbonyl (C=O) groups is 2. The van der Waals surface area contributed by atoms with Gasteiger partial charge in [0.15, 0.2) is 0 Å². The first-order valence-electron chi connectivity index (χ1n) is 10.1. The van der Waals surface area contributed by atoms with Crippen LogP contribution in [0, 0.1) is 0 Å². The van der Waals surface area contributed by atoms with Gasteiger partial charge in [0.2, 0.25) is 0 Å². The molecule has 0 unspecified atom stereocenters. The minimum atomic E-state index is -0.149. The van der Waals surface area contributed by atoms with Crippen LogP contribution in [0.3, 0.4) is 0 Å². The molecular formula is C23H23ClN4O3. The topological polar surface area (TPSA) is 87.3 Å². The number of carbonyl (C=O) groups excluding carboxylic acids is 2. The molecule has 2 N–H and O–H groups in total. The quantitative estimate of drug-likeness (QED) is 0.634. The molecule has 1 aliphatic heterocycles. The van der Waals surface area contributed by atoms with Gasteiger partial charge in [-0.2, -0.15) is 5.10 Å². The highest BCUT2D eigenvalue weighted by atomic mass is 35.5. The van der Waals surface area contributed by atoms with Gasteiger partial charge in [-0.3, -0.25) is 14.7 Å². The van der Waals surface area contributed by atoms with Gasteiger partial charge in [0, 0.05) is 35.3 Å². The molecule has 3 aromatic rings. The highest BCUT2D eigenvalue weighted by Gasteiger charge is 2.26. The lowest BCUT2D eigenvalue weighted by molar-refractivity contribution is 0.0692. The summed E-state index contributed by atoms with van der Waals surface area (Å²) in [6.07, 6.45) is 1.38. The molecule has 31 heavy (non-hydrogen) atoms. The van der Waals surface area contributed by atoms with Crippen LogP contribution < -0.4 is 10.1 Å². The number of amides is 2. The zero-order chi connectivity index (χ0) is 21.8. The molecule has 160 valence electrons. The van der Waals surface area contributed by atoms with Crippen molar-refractivity contribution < 1.29 is 14.3 Å². The van der Waals surface area contributed by atoms with Gasteiger partial charge in [-0.25, -0.2) is 0 Å². The largest absolute Gasteiger partial charge is 0.497 e. The molecule has 0 saturated carbocycles. The number of rotatable bonds is 5. The van der Waals surface area contributed by atoms with E-state index in [1.807, 2.05) is 24.3 Å². The Bertz CT molecular complexity index is 1090. The summed E-state index contributed by atoms with van der Waals surface area (Å²) in [5, 5.41) is 10.7. The van der Waals surface area contributed by atoms with E-state index < -0.39 is 0 Å². The molecule has 0 aliphatic carbocycles. The number of methoxy groups -OCH3 is 1. The Hall–Kier alpha value is -3.32. The lowest BCUT2D eigenvalue weighted by Gasteiger charge is -2.32. The smallest absolute Gasteiger partial charge is 0.271 e. The van der Waals surface area contributed by atoms with Gasteiger partial charge < -0.3 is 15.0 Å². The number of aromatic amines is 1. The molecule has 0 atom stereocenters. The average molecular weight is 439 g/mol. The van der Waals surface area contributed by atoms with Crippen LogP contribution in [0.2, 0.25) is 5.02 Å². The standard InChI is InChI=1S/C23H23ClN4O3/c1-31-19-7-3-4-15(13-19)20-14-21(27-26-20)23(30)28-10-8-18(9-11-28)25-22(29)16-5-2-6-17(24)12-16/h2-7,12-14,18H,8-11H2,1H3,(H,25,29)(H,26,27). The lowest BCUT2D eigenvalue weighted by atomic mass is 10.0. The molecule has 1 fully saturated rings. The zero-order valence-corrected chi connectivity index (χ0v) is 17.9. The fourth-order valence-corrected chi connectivity index (χ4v) is 3.85. The van der Waals surface area contributed by atoms with Gasteiger partial charge >= 0.3 is 0 Å². The third-order valence-corrected chi connectivity index (χ3v) is 5.61. The minimum Gasteiger partial charge on any atom is -0.497 e. The number of benzene rings is 2. The van der Waals surface area contributed by atoms with Crippen molar-refractivity contribution in [2.45, 2.75) is 18.9 Å². The van der Waals surface area contributed by atoms with E-state index in [-0.39, 0.29) is 17.9 Å². The van der Waals surface area contributed by atoms with E-state index in [1.165, 1.54) is 0 Å². The van der Waals surface area contributed by atoms with E-state index in [2.05, 4.69) is 15.5 Å². The summed E-state index contributed by atoms with van der Waals surface area (Å²) < 4.78 is 5.25. The van der Waals surface area contributed by atoms with Crippen molar-refractivity contribution >= 4 is 23.4 Å². The van der Waals surface area contributed by atoms with E-state index >= 15 is 0 Å². The highest BCUT2D eigenvalue weighted by Crippen LogP contribution is 2.23. The molecule has 0 bridgehead atoms. The number of likely N-dealkylation sites (tertiary alicyclic amines) is 1. The molecule has 1 aromatic heterocycles. The van der Waals surface area contributed by atoms with E-state index in [0.717, 1.165) is 11.3 Å². The Labute approximate surface area is 185 Å². The van der Waals surface area contributed by atoms with Crippen molar-refractivity contribution in [2.75, 3.05) is 20.2 Å². The molecule has 2 amide bonds. The highest BCUT2D eigenvalue weighted by molar-refractivity contribution is 6.30. The first-order chi connectivity index (χ1) is 15.0. The lowest BCUT2D eigenvalue weighted by Crippen LogP contribution is -2.46. The number of hydrogen-bond donors (Lipinski definition) is 2. The van der Waals surface area contributed by atoms with Crippen LogP contribution >= 0.6 is 11.6 Å².